The average molecular weight is 320 g/mol. The Kier molecular flexibility index (Phi) is 3.73. The minimum absolute atomic E-state index is 0.531. The highest BCUT2D eigenvalue weighted by molar-refractivity contribution is 5.77. The smallest absolute Gasteiger partial charge is 0.140 e. The summed E-state index contributed by atoms with van der Waals surface area (Å²) >= 11 is 0. The van der Waals surface area contributed by atoms with Crippen LogP contribution in [-0.4, -0.2) is 18.2 Å². The van der Waals surface area contributed by atoms with Crippen LogP contribution < -0.4 is 9.64 Å². The van der Waals surface area contributed by atoms with Crippen LogP contribution >= 0.6 is 0 Å². The van der Waals surface area contributed by atoms with Crippen LogP contribution in [-0.2, 0) is 6.42 Å². The molecule has 0 amide bonds. The van der Waals surface area contributed by atoms with Crippen molar-refractivity contribution in [1.82, 2.24) is 5.16 Å². The van der Waals surface area contributed by atoms with Crippen LogP contribution in [0.1, 0.15) is 18.9 Å². The number of anilines is 1. The third-order valence-corrected chi connectivity index (χ3v) is 4.80. The first kappa shape index (κ1) is 14.8. The van der Waals surface area contributed by atoms with Gasteiger partial charge in [-0.15, -0.1) is 0 Å². The summed E-state index contributed by atoms with van der Waals surface area (Å²) in [5.41, 5.74) is 4.44. The molecule has 0 spiro atoms. The third kappa shape index (κ3) is 2.54. The van der Waals surface area contributed by atoms with Crippen molar-refractivity contribution in [2.75, 3.05) is 11.9 Å². The standard InChI is InChI=1S/C20H20N2O2/c1-14-8-9-18-19(22(14)2)11-10-17(15-12-21-23-13-15)20(18)24-16-6-4-3-5-7-16/h3-7,10-14H,8-9H2,1-2H3. The van der Waals surface area contributed by atoms with Crippen LogP contribution in [0.5, 0.6) is 11.5 Å². The van der Waals surface area contributed by atoms with Gasteiger partial charge in [0.05, 0.1) is 6.20 Å². The predicted molar refractivity (Wildman–Crippen MR) is 94.6 cm³/mol. The maximum atomic E-state index is 6.32. The average Bonchev–Trinajstić information content (AvgIpc) is 3.14. The number of aromatic nitrogens is 1. The van der Waals surface area contributed by atoms with E-state index in [2.05, 4.69) is 36.2 Å². The number of ether oxygens (including phenoxy) is 1. The van der Waals surface area contributed by atoms with Crippen molar-refractivity contribution >= 4 is 5.69 Å². The van der Waals surface area contributed by atoms with E-state index < -0.39 is 0 Å². The van der Waals surface area contributed by atoms with Crippen molar-refractivity contribution in [3.05, 3.63) is 60.5 Å². The van der Waals surface area contributed by atoms with Crippen LogP contribution in [0.15, 0.2) is 59.4 Å². The lowest BCUT2D eigenvalue weighted by Gasteiger charge is -2.35. The van der Waals surface area contributed by atoms with E-state index in [1.165, 1.54) is 11.3 Å². The second kappa shape index (κ2) is 6.04. The molecule has 2 heterocycles. The largest absolute Gasteiger partial charge is 0.456 e. The summed E-state index contributed by atoms with van der Waals surface area (Å²) in [7, 11) is 2.15. The third-order valence-electron chi connectivity index (χ3n) is 4.80. The van der Waals surface area contributed by atoms with Gasteiger partial charge in [0, 0.05) is 35.5 Å². The fourth-order valence-corrected chi connectivity index (χ4v) is 3.26. The van der Waals surface area contributed by atoms with E-state index in [1.807, 2.05) is 30.3 Å². The molecule has 122 valence electrons. The fraction of sp³-hybridized carbons (Fsp3) is 0.250. The van der Waals surface area contributed by atoms with Crippen LogP contribution in [0.2, 0.25) is 0 Å². The second-order valence-electron chi connectivity index (χ2n) is 6.27. The number of benzene rings is 2. The van der Waals surface area contributed by atoms with Gasteiger partial charge >= 0.3 is 0 Å². The van der Waals surface area contributed by atoms with Gasteiger partial charge in [-0.3, -0.25) is 0 Å². The molecule has 0 N–H and O–H groups in total. The zero-order chi connectivity index (χ0) is 16.5. The van der Waals surface area contributed by atoms with Crippen molar-refractivity contribution in [3.8, 4) is 22.6 Å². The molecule has 1 atom stereocenters. The Morgan fingerprint density at radius 1 is 1.17 bits per heavy atom. The summed E-state index contributed by atoms with van der Waals surface area (Å²) in [5, 5.41) is 3.84. The van der Waals surface area contributed by atoms with Crippen LogP contribution in [0.3, 0.4) is 0 Å². The predicted octanol–water partition coefficient (Wildman–Crippen LogP) is 4.90. The Morgan fingerprint density at radius 3 is 2.75 bits per heavy atom. The molecule has 4 heteroatoms. The second-order valence-corrected chi connectivity index (χ2v) is 6.27. The van der Waals surface area contributed by atoms with Crippen molar-refractivity contribution < 1.29 is 9.26 Å². The van der Waals surface area contributed by atoms with E-state index in [-0.39, 0.29) is 0 Å². The number of nitrogens with zero attached hydrogens (tertiary/aromatic N) is 2. The Balaban J connectivity index is 1.87. The molecule has 4 rings (SSSR count). The molecule has 0 saturated heterocycles. The van der Waals surface area contributed by atoms with Crippen LogP contribution in [0.25, 0.3) is 11.1 Å². The molecule has 0 aliphatic carbocycles. The van der Waals surface area contributed by atoms with Crippen LogP contribution in [0.4, 0.5) is 5.69 Å². The quantitative estimate of drug-likeness (QED) is 0.687. The topological polar surface area (TPSA) is 38.5 Å². The summed E-state index contributed by atoms with van der Waals surface area (Å²) in [5.74, 6) is 1.74. The molecule has 1 aliphatic heterocycles. The lowest BCUT2D eigenvalue weighted by Crippen LogP contribution is -2.33. The number of fused-ring (bicyclic) bond motifs is 1. The van der Waals surface area contributed by atoms with Gasteiger partial charge in [-0.1, -0.05) is 23.4 Å². The Labute approximate surface area is 141 Å². The molecule has 24 heavy (non-hydrogen) atoms. The SMILES string of the molecule is CC1CCc2c(ccc(-c3cnoc3)c2Oc2ccccc2)N1C. The first-order chi connectivity index (χ1) is 11.7. The first-order valence-electron chi connectivity index (χ1n) is 8.25. The number of para-hydroxylation sites is 1. The molecule has 0 radical (unpaired) electrons. The normalized spacial score (nSPS) is 16.8. The van der Waals surface area contributed by atoms with E-state index in [4.69, 9.17) is 9.26 Å². The maximum absolute atomic E-state index is 6.32. The van der Waals surface area contributed by atoms with Gasteiger partial charge in [-0.25, -0.2) is 0 Å². The molecule has 1 aromatic heterocycles. The van der Waals surface area contributed by atoms with E-state index in [0.29, 0.717) is 6.04 Å². The van der Waals surface area contributed by atoms with Gasteiger partial charge < -0.3 is 14.2 Å². The minimum Gasteiger partial charge on any atom is -0.456 e. The van der Waals surface area contributed by atoms with Crippen molar-refractivity contribution in [2.45, 2.75) is 25.8 Å². The number of rotatable bonds is 3. The summed E-state index contributed by atoms with van der Waals surface area (Å²) in [4.78, 5) is 2.33. The Hall–Kier alpha value is -2.75. The minimum atomic E-state index is 0.531. The van der Waals surface area contributed by atoms with E-state index >= 15 is 0 Å². The molecular weight excluding hydrogens is 300 g/mol. The van der Waals surface area contributed by atoms with Crippen LogP contribution in [0, 0.1) is 0 Å². The molecule has 0 fully saturated rings. The van der Waals surface area contributed by atoms with Gasteiger partial charge in [-0.2, -0.15) is 0 Å². The number of hydrogen-bond acceptors (Lipinski definition) is 4. The highest BCUT2D eigenvalue weighted by atomic mass is 16.5. The molecule has 0 saturated carbocycles. The number of hydrogen-bond donors (Lipinski definition) is 0. The Morgan fingerprint density at radius 2 is 2.00 bits per heavy atom. The van der Waals surface area contributed by atoms with Gasteiger partial charge in [0.15, 0.2) is 0 Å². The molecule has 2 aromatic carbocycles. The zero-order valence-electron chi connectivity index (χ0n) is 13.9. The van der Waals surface area contributed by atoms with Crippen molar-refractivity contribution in [2.24, 2.45) is 0 Å². The summed E-state index contributed by atoms with van der Waals surface area (Å²) in [6, 6.07) is 14.7. The summed E-state index contributed by atoms with van der Waals surface area (Å²) < 4.78 is 11.4. The molecule has 1 unspecified atom stereocenters. The molecule has 4 nitrogen and oxygen atoms in total. The van der Waals surface area contributed by atoms with Gasteiger partial charge in [0.2, 0.25) is 0 Å². The Bertz CT molecular complexity index is 828. The highest BCUT2D eigenvalue weighted by Gasteiger charge is 2.26. The zero-order valence-corrected chi connectivity index (χ0v) is 13.9. The lowest BCUT2D eigenvalue weighted by molar-refractivity contribution is 0.420. The maximum Gasteiger partial charge on any atom is 0.140 e. The lowest BCUT2D eigenvalue weighted by atomic mass is 9.93. The van der Waals surface area contributed by atoms with Gasteiger partial charge in [0.1, 0.15) is 17.8 Å². The van der Waals surface area contributed by atoms with Crippen molar-refractivity contribution in [3.63, 3.8) is 0 Å². The molecular formula is C20H20N2O2. The summed E-state index contributed by atoms with van der Waals surface area (Å²) in [6.45, 7) is 2.26. The first-order valence-corrected chi connectivity index (χ1v) is 8.25. The van der Waals surface area contributed by atoms with Gasteiger partial charge in [-0.05, 0) is 44.0 Å². The summed E-state index contributed by atoms with van der Waals surface area (Å²) in [6.07, 6.45) is 5.51. The molecule has 1 aliphatic rings. The fourth-order valence-electron chi connectivity index (χ4n) is 3.26. The van der Waals surface area contributed by atoms with Crippen molar-refractivity contribution in [1.29, 1.82) is 0 Å². The van der Waals surface area contributed by atoms with E-state index in [9.17, 15) is 0 Å². The molecule has 3 aromatic rings. The highest BCUT2D eigenvalue weighted by Crippen LogP contribution is 2.44. The van der Waals surface area contributed by atoms with E-state index in [0.717, 1.165) is 35.5 Å². The van der Waals surface area contributed by atoms with E-state index in [1.54, 1.807) is 12.5 Å². The van der Waals surface area contributed by atoms with Gasteiger partial charge in [0.25, 0.3) is 0 Å². The monoisotopic (exact) mass is 320 g/mol. The molecule has 0 bridgehead atoms.